The number of nitrogens with zero attached hydrogens (tertiary/aromatic N) is 3. The van der Waals surface area contributed by atoms with Crippen molar-refractivity contribution in [2.45, 2.75) is 33.8 Å². The van der Waals surface area contributed by atoms with Crippen molar-refractivity contribution in [2.24, 2.45) is 0 Å². The Balaban J connectivity index is 1.76. The number of hydrogen-bond acceptors (Lipinski definition) is 7. The number of hydrogen-bond donors (Lipinski definition) is 0. The largest absolute Gasteiger partial charge is 0.454 e. The minimum atomic E-state index is -0.367. The molecule has 23 heavy (non-hydrogen) atoms. The highest BCUT2D eigenvalue weighted by atomic mass is 32.1. The molecule has 0 fully saturated rings. The van der Waals surface area contributed by atoms with Crippen LogP contribution in [-0.4, -0.2) is 20.6 Å². The molecule has 3 aromatic rings. The van der Waals surface area contributed by atoms with Gasteiger partial charge in [0, 0.05) is 16.6 Å². The molecule has 0 saturated heterocycles. The third-order valence-corrected chi connectivity index (χ3v) is 5.30. The summed E-state index contributed by atoms with van der Waals surface area (Å²) in [7, 11) is 0. The van der Waals surface area contributed by atoms with Gasteiger partial charge in [-0.05, 0) is 31.9 Å². The molecule has 0 saturated carbocycles. The first-order valence-corrected chi connectivity index (χ1v) is 8.74. The maximum Gasteiger partial charge on any atom is 0.348 e. The van der Waals surface area contributed by atoms with Gasteiger partial charge < -0.3 is 4.74 Å². The molecule has 6 nitrogen and oxygen atoms in total. The molecule has 0 aliphatic rings. The molecule has 120 valence electrons. The molecule has 0 N–H and O–H groups in total. The maximum absolute atomic E-state index is 12.1. The summed E-state index contributed by atoms with van der Waals surface area (Å²) < 4.78 is 6.53. The molecule has 0 aliphatic heterocycles. The molecule has 0 spiro atoms. The summed E-state index contributed by atoms with van der Waals surface area (Å²) in [4.78, 5) is 30.4. The van der Waals surface area contributed by atoms with Crippen LogP contribution in [0.15, 0.2) is 16.9 Å². The number of rotatable bonds is 4. The lowest BCUT2D eigenvalue weighted by Crippen LogP contribution is -2.14. The van der Waals surface area contributed by atoms with E-state index in [1.807, 2.05) is 13.0 Å². The Morgan fingerprint density at radius 3 is 2.78 bits per heavy atom. The van der Waals surface area contributed by atoms with Gasteiger partial charge in [0.05, 0.1) is 0 Å². The normalized spacial score (nSPS) is 11.1. The zero-order valence-electron chi connectivity index (χ0n) is 13.0. The first-order valence-electron chi connectivity index (χ1n) is 7.10. The smallest absolute Gasteiger partial charge is 0.348 e. The summed E-state index contributed by atoms with van der Waals surface area (Å²) in [6, 6.07) is 3.29. The van der Waals surface area contributed by atoms with E-state index in [4.69, 9.17) is 4.74 Å². The number of carbonyl (C=O) groups is 1. The van der Waals surface area contributed by atoms with E-state index in [-0.39, 0.29) is 18.1 Å². The van der Waals surface area contributed by atoms with E-state index in [1.165, 1.54) is 33.3 Å². The van der Waals surface area contributed by atoms with Crippen molar-refractivity contribution < 1.29 is 9.53 Å². The van der Waals surface area contributed by atoms with Crippen molar-refractivity contribution in [1.29, 1.82) is 0 Å². The first-order chi connectivity index (χ1) is 11.0. The number of aromatic nitrogens is 3. The number of ether oxygens (including phenoxy) is 1. The van der Waals surface area contributed by atoms with Crippen molar-refractivity contribution in [1.82, 2.24) is 14.6 Å². The minimum Gasteiger partial charge on any atom is -0.454 e. The number of aryl methyl sites for hydroxylation is 3. The van der Waals surface area contributed by atoms with E-state index < -0.39 is 0 Å². The van der Waals surface area contributed by atoms with Crippen LogP contribution in [0.5, 0.6) is 0 Å². The van der Waals surface area contributed by atoms with Gasteiger partial charge in [-0.3, -0.25) is 4.79 Å². The molecule has 3 aromatic heterocycles. The number of thiophene rings is 1. The third-order valence-electron chi connectivity index (χ3n) is 3.34. The minimum absolute atomic E-state index is 0.0315. The highest BCUT2D eigenvalue weighted by Crippen LogP contribution is 2.23. The lowest BCUT2D eigenvalue weighted by molar-refractivity contribution is 0.0477. The van der Waals surface area contributed by atoms with E-state index >= 15 is 0 Å². The van der Waals surface area contributed by atoms with E-state index in [1.54, 1.807) is 6.92 Å². The highest BCUT2D eigenvalue weighted by Gasteiger charge is 2.15. The molecule has 0 bridgehead atoms. The Labute approximate surface area is 140 Å². The number of esters is 1. The fraction of sp³-hybridized carbons (Fsp3) is 0.333. The Hall–Kier alpha value is -2.06. The Kier molecular flexibility index (Phi) is 4.27. The molecular weight excluding hydrogens is 334 g/mol. The van der Waals surface area contributed by atoms with Gasteiger partial charge in [-0.2, -0.15) is 9.61 Å². The van der Waals surface area contributed by atoms with Crippen LogP contribution in [-0.2, 0) is 17.8 Å². The van der Waals surface area contributed by atoms with Crippen LogP contribution in [0.2, 0.25) is 0 Å². The molecule has 0 amide bonds. The molecule has 0 aliphatic carbocycles. The predicted octanol–water partition coefficient (Wildman–Crippen LogP) is 2.75. The van der Waals surface area contributed by atoms with Crippen LogP contribution in [0.4, 0.5) is 0 Å². The van der Waals surface area contributed by atoms with Crippen LogP contribution in [0, 0.1) is 13.8 Å². The molecular formula is C15H15N3O3S2. The second kappa shape index (κ2) is 6.21. The fourth-order valence-electron chi connectivity index (χ4n) is 2.19. The average molecular weight is 349 g/mol. The van der Waals surface area contributed by atoms with Crippen molar-refractivity contribution in [3.63, 3.8) is 0 Å². The molecule has 0 unspecified atom stereocenters. The number of fused-ring (bicyclic) bond motifs is 1. The van der Waals surface area contributed by atoms with Crippen molar-refractivity contribution in [3.8, 4) is 0 Å². The summed E-state index contributed by atoms with van der Waals surface area (Å²) in [6.07, 6.45) is 0.890. The monoisotopic (exact) mass is 349 g/mol. The van der Waals surface area contributed by atoms with E-state index in [0.29, 0.717) is 20.5 Å². The van der Waals surface area contributed by atoms with Gasteiger partial charge in [-0.15, -0.1) is 11.3 Å². The molecule has 0 radical (unpaired) electrons. The average Bonchev–Trinajstić information content (AvgIpc) is 3.08. The van der Waals surface area contributed by atoms with E-state index in [2.05, 4.69) is 17.0 Å². The molecule has 3 heterocycles. The van der Waals surface area contributed by atoms with Gasteiger partial charge >= 0.3 is 5.97 Å². The second-order valence-electron chi connectivity index (χ2n) is 5.05. The van der Waals surface area contributed by atoms with E-state index in [9.17, 15) is 9.59 Å². The molecule has 8 heteroatoms. The summed E-state index contributed by atoms with van der Waals surface area (Å²) in [6.45, 7) is 5.83. The molecule has 3 rings (SSSR count). The van der Waals surface area contributed by atoms with Crippen molar-refractivity contribution in [3.05, 3.63) is 48.5 Å². The third kappa shape index (κ3) is 3.18. The Morgan fingerprint density at radius 1 is 1.30 bits per heavy atom. The highest BCUT2D eigenvalue weighted by molar-refractivity contribution is 7.16. The molecule has 0 atom stereocenters. The summed E-state index contributed by atoms with van der Waals surface area (Å²) >= 11 is 2.68. The van der Waals surface area contributed by atoms with Gasteiger partial charge in [-0.1, -0.05) is 18.3 Å². The zero-order chi connectivity index (χ0) is 16.6. The quantitative estimate of drug-likeness (QED) is 0.677. The van der Waals surface area contributed by atoms with Crippen LogP contribution in [0.1, 0.15) is 37.7 Å². The van der Waals surface area contributed by atoms with Gasteiger partial charge in [0.25, 0.3) is 5.56 Å². The standard InChI is InChI=1S/C15H15N3O3S2/c1-4-10-6-11(22-9(10)3)14(20)21-7-12-17-18-13(19)5-8(2)16-15(18)23-12/h5-6H,4,7H2,1-3H3. The van der Waals surface area contributed by atoms with Crippen LogP contribution in [0.25, 0.3) is 4.96 Å². The molecule has 0 aromatic carbocycles. The van der Waals surface area contributed by atoms with Crippen molar-refractivity contribution in [2.75, 3.05) is 0 Å². The van der Waals surface area contributed by atoms with E-state index in [0.717, 1.165) is 16.9 Å². The Bertz CT molecular complexity index is 939. The van der Waals surface area contributed by atoms with Crippen molar-refractivity contribution >= 4 is 33.6 Å². The Morgan fingerprint density at radius 2 is 2.09 bits per heavy atom. The van der Waals surface area contributed by atoms with Crippen LogP contribution < -0.4 is 5.56 Å². The maximum atomic E-state index is 12.1. The second-order valence-corrected chi connectivity index (χ2v) is 7.34. The summed E-state index contributed by atoms with van der Waals surface area (Å²) in [5.74, 6) is -0.367. The van der Waals surface area contributed by atoms with Crippen LogP contribution >= 0.6 is 22.7 Å². The fourth-order valence-corrected chi connectivity index (χ4v) is 4.05. The van der Waals surface area contributed by atoms with Crippen LogP contribution in [0.3, 0.4) is 0 Å². The summed E-state index contributed by atoms with van der Waals surface area (Å²) in [5.41, 5.74) is 1.57. The predicted molar refractivity (Wildman–Crippen MR) is 89.4 cm³/mol. The zero-order valence-corrected chi connectivity index (χ0v) is 14.6. The van der Waals surface area contributed by atoms with Gasteiger partial charge in [-0.25, -0.2) is 9.78 Å². The SMILES string of the molecule is CCc1cc(C(=O)OCc2nn3c(=O)cc(C)nc3s2)sc1C. The number of carbonyl (C=O) groups excluding carboxylic acids is 1. The first kappa shape index (κ1) is 15.8. The van der Waals surface area contributed by atoms with Gasteiger partial charge in [0.15, 0.2) is 5.01 Å². The summed E-state index contributed by atoms with van der Waals surface area (Å²) in [5, 5.41) is 4.68. The lowest BCUT2D eigenvalue weighted by Gasteiger charge is -1.99. The van der Waals surface area contributed by atoms with Gasteiger partial charge in [0.2, 0.25) is 4.96 Å². The topological polar surface area (TPSA) is 73.6 Å². The lowest BCUT2D eigenvalue weighted by atomic mass is 10.2. The van der Waals surface area contributed by atoms with Gasteiger partial charge in [0.1, 0.15) is 11.5 Å².